The van der Waals surface area contributed by atoms with Crippen LogP contribution in [0.3, 0.4) is 0 Å². The Morgan fingerprint density at radius 2 is 2.00 bits per heavy atom. The summed E-state index contributed by atoms with van der Waals surface area (Å²) in [7, 11) is -4.07. The fourth-order valence-corrected chi connectivity index (χ4v) is 5.30. The van der Waals surface area contributed by atoms with Gasteiger partial charge in [-0.15, -0.1) is 0 Å². The first-order chi connectivity index (χ1) is 15.8. The molecule has 5 rings (SSSR count). The van der Waals surface area contributed by atoms with Crippen LogP contribution < -0.4 is 15.8 Å². The predicted molar refractivity (Wildman–Crippen MR) is 121 cm³/mol. The Hall–Kier alpha value is -3.50. The lowest BCUT2D eigenvalue weighted by Crippen LogP contribution is -2.27. The number of hydrogen-bond donors (Lipinski definition) is 2. The van der Waals surface area contributed by atoms with Crippen LogP contribution in [-0.4, -0.2) is 24.5 Å². The van der Waals surface area contributed by atoms with Gasteiger partial charge < -0.3 is 9.73 Å². The van der Waals surface area contributed by atoms with Gasteiger partial charge in [0.25, 0.3) is 10.0 Å². The highest BCUT2D eigenvalue weighted by atomic mass is 32.2. The number of sulfonamides is 1. The summed E-state index contributed by atoms with van der Waals surface area (Å²) in [4.78, 5) is 16.2. The highest BCUT2D eigenvalue weighted by Gasteiger charge is 2.23. The Morgan fingerprint density at radius 1 is 1.18 bits per heavy atom. The number of anilines is 1. The van der Waals surface area contributed by atoms with E-state index in [1.807, 2.05) is 19.1 Å². The molecule has 4 aromatic rings. The Morgan fingerprint density at radius 3 is 2.82 bits per heavy atom. The van der Waals surface area contributed by atoms with E-state index in [1.54, 1.807) is 0 Å². The van der Waals surface area contributed by atoms with Crippen LogP contribution in [0.4, 0.5) is 10.2 Å². The van der Waals surface area contributed by atoms with E-state index < -0.39 is 21.7 Å². The lowest BCUT2D eigenvalue weighted by Gasteiger charge is -2.24. The first-order valence-electron chi connectivity index (χ1n) is 10.5. The quantitative estimate of drug-likeness (QED) is 0.436. The number of pyridine rings is 1. The van der Waals surface area contributed by atoms with Crippen molar-refractivity contribution in [2.45, 2.75) is 30.8 Å². The molecule has 1 unspecified atom stereocenters. The zero-order valence-corrected chi connectivity index (χ0v) is 18.5. The first kappa shape index (κ1) is 21.4. The molecular weight excluding hydrogens is 447 g/mol. The van der Waals surface area contributed by atoms with Crippen molar-refractivity contribution in [3.63, 3.8) is 0 Å². The van der Waals surface area contributed by atoms with Crippen molar-refractivity contribution in [3.05, 3.63) is 87.8 Å². The molecule has 3 heterocycles. The third-order valence-corrected chi connectivity index (χ3v) is 7.22. The molecule has 0 fully saturated rings. The third kappa shape index (κ3) is 3.91. The average molecular weight is 469 g/mol. The van der Waals surface area contributed by atoms with Crippen molar-refractivity contribution < 1.29 is 17.2 Å². The molecular formula is C23H21FN4O4S. The van der Waals surface area contributed by atoms with Gasteiger partial charge in [0.2, 0.25) is 5.95 Å². The monoisotopic (exact) mass is 468 g/mol. The maximum atomic E-state index is 13.3. The van der Waals surface area contributed by atoms with Crippen LogP contribution in [0.15, 0.2) is 68.7 Å². The summed E-state index contributed by atoms with van der Waals surface area (Å²) in [6.45, 7) is 3.56. The van der Waals surface area contributed by atoms with Crippen molar-refractivity contribution in [2.75, 3.05) is 11.3 Å². The van der Waals surface area contributed by atoms with Crippen molar-refractivity contribution in [1.29, 1.82) is 0 Å². The van der Waals surface area contributed by atoms with Crippen LogP contribution in [0, 0.1) is 5.95 Å². The normalized spacial score (nSPS) is 14.7. The number of aromatic nitrogens is 2. The lowest BCUT2D eigenvalue weighted by atomic mass is 9.92. The number of benzene rings is 2. The molecule has 8 nitrogen and oxygen atoms in total. The standard InChI is InChI=1S/C23H21FN4O4S/c1-14(17-5-2-4-15-10-11-25-13-18(15)17)28-19-9-8-16(12-20(19)32-23(28)29)33(30,31)27-22-7-3-6-21(24)26-22/h2-9,12,14,25H,10-11,13H2,1H3,(H,26,27). The van der Waals surface area contributed by atoms with Gasteiger partial charge in [0.1, 0.15) is 5.82 Å². The molecule has 0 amide bonds. The molecule has 10 heteroatoms. The molecule has 0 spiro atoms. The van der Waals surface area contributed by atoms with Gasteiger partial charge in [-0.3, -0.25) is 9.29 Å². The molecule has 2 aromatic carbocycles. The van der Waals surface area contributed by atoms with Crippen LogP contribution in [-0.2, 0) is 23.0 Å². The molecule has 1 aliphatic rings. The van der Waals surface area contributed by atoms with Crippen molar-refractivity contribution in [3.8, 4) is 0 Å². The summed E-state index contributed by atoms with van der Waals surface area (Å²) in [5, 5.41) is 3.37. The lowest BCUT2D eigenvalue weighted by molar-refractivity contribution is 0.486. The van der Waals surface area contributed by atoms with Crippen LogP contribution in [0.1, 0.15) is 29.7 Å². The minimum atomic E-state index is -4.07. The number of nitrogens with one attached hydrogen (secondary N) is 2. The van der Waals surface area contributed by atoms with Crippen LogP contribution in [0.25, 0.3) is 11.1 Å². The van der Waals surface area contributed by atoms with E-state index in [0.29, 0.717) is 5.52 Å². The average Bonchev–Trinajstić information content (AvgIpc) is 3.13. The molecule has 2 N–H and O–H groups in total. The Kier molecular flexibility index (Phi) is 5.26. The van der Waals surface area contributed by atoms with Crippen molar-refractivity contribution in [1.82, 2.24) is 14.9 Å². The van der Waals surface area contributed by atoms with Crippen LogP contribution in [0.2, 0.25) is 0 Å². The van der Waals surface area contributed by atoms with Crippen LogP contribution in [0.5, 0.6) is 0 Å². The zero-order chi connectivity index (χ0) is 23.2. The largest absolute Gasteiger partial charge is 0.420 e. The molecule has 0 saturated heterocycles. The summed E-state index contributed by atoms with van der Waals surface area (Å²) >= 11 is 0. The molecule has 0 bridgehead atoms. The third-order valence-electron chi connectivity index (χ3n) is 5.87. The number of rotatable bonds is 5. The highest BCUT2D eigenvalue weighted by Crippen LogP contribution is 2.29. The minimum Gasteiger partial charge on any atom is -0.408 e. The molecule has 1 atom stereocenters. The maximum Gasteiger partial charge on any atom is 0.420 e. The van der Waals surface area contributed by atoms with E-state index in [-0.39, 0.29) is 22.3 Å². The van der Waals surface area contributed by atoms with Gasteiger partial charge in [0.05, 0.1) is 16.5 Å². The fourth-order valence-electron chi connectivity index (χ4n) is 4.28. The molecule has 0 aliphatic carbocycles. The number of halogens is 1. The number of oxazole rings is 1. The molecule has 33 heavy (non-hydrogen) atoms. The van der Waals surface area contributed by atoms with Gasteiger partial charge in [-0.1, -0.05) is 24.3 Å². The van der Waals surface area contributed by atoms with Gasteiger partial charge in [-0.25, -0.2) is 18.2 Å². The Labute approximate surface area is 189 Å². The zero-order valence-electron chi connectivity index (χ0n) is 17.7. The molecule has 170 valence electrons. The number of nitrogens with zero attached hydrogens (tertiary/aromatic N) is 2. The Bertz CT molecular complexity index is 1530. The van der Waals surface area contributed by atoms with Gasteiger partial charge in [0.15, 0.2) is 5.58 Å². The van der Waals surface area contributed by atoms with E-state index in [9.17, 15) is 17.6 Å². The van der Waals surface area contributed by atoms with E-state index in [0.717, 1.165) is 31.1 Å². The highest BCUT2D eigenvalue weighted by molar-refractivity contribution is 7.92. The van der Waals surface area contributed by atoms with Gasteiger partial charge in [0, 0.05) is 12.6 Å². The van der Waals surface area contributed by atoms with Gasteiger partial charge >= 0.3 is 5.76 Å². The van der Waals surface area contributed by atoms with Gasteiger partial charge in [-0.05, 0) is 60.8 Å². The summed E-state index contributed by atoms with van der Waals surface area (Å²) in [5.41, 5.74) is 4.06. The smallest absolute Gasteiger partial charge is 0.408 e. The summed E-state index contributed by atoms with van der Waals surface area (Å²) in [5.74, 6) is -1.53. The minimum absolute atomic E-state index is 0.129. The van der Waals surface area contributed by atoms with E-state index in [2.05, 4.69) is 21.1 Å². The summed E-state index contributed by atoms with van der Waals surface area (Å²) in [6, 6.07) is 13.8. The SMILES string of the molecule is CC(c1cccc2c1CNCC2)n1c(=O)oc2cc(S(=O)(=O)Nc3cccc(F)n3)ccc21. The summed E-state index contributed by atoms with van der Waals surface area (Å²) in [6.07, 6.45) is 0.922. The topological polar surface area (TPSA) is 106 Å². The fraction of sp³-hybridized carbons (Fsp3) is 0.217. The maximum absolute atomic E-state index is 13.3. The van der Waals surface area contributed by atoms with E-state index >= 15 is 0 Å². The van der Waals surface area contributed by atoms with Gasteiger partial charge in [-0.2, -0.15) is 4.39 Å². The molecule has 0 radical (unpaired) electrons. The number of fused-ring (bicyclic) bond motifs is 2. The second-order valence-electron chi connectivity index (χ2n) is 7.91. The molecule has 0 saturated carbocycles. The second kappa shape index (κ2) is 8.13. The van der Waals surface area contributed by atoms with Crippen LogP contribution >= 0.6 is 0 Å². The van der Waals surface area contributed by atoms with Crippen molar-refractivity contribution >= 4 is 26.9 Å². The van der Waals surface area contributed by atoms with Crippen molar-refractivity contribution in [2.24, 2.45) is 0 Å². The summed E-state index contributed by atoms with van der Waals surface area (Å²) < 4.78 is 48.0. The Balaban J connectivity index is 1.53. The predicted octanol–water partition coefficient (Wildman–Crippen LogP) is 3.18. The van der Waals surface area contributed by atoms with E-state index in [1.165, 1.54) is 46.0 Å². The second-order valence-corrected chi connectivity index (χ2v) is 9.59. The first-order valence-corrected chi connectivity index (χ1v) is 11.9. The number of hydrogen-bond acceptors (Lipinski definition) is 6. The molecule has 1 aliphatic heterocycles. The van der Waals surface area contributed by atoms with E-state index in [4.69, 9.17) is 4.42 Å². The molecule has 2 aromatic heterocycles.